The zero-order valence-electron chi connectivity index (χ0n) is 8.80. The molecule has 0 amide bonds. The molecule has 1 aromatic carbocycles. The summed E-state index contributed by atoms with van der Waals surface area (Å²) >= 11 is 0. The molecule has 1 unspecified atom stereocenters. The summed E-state index contributed by atoms with van der Waals surface area (Å²) < 4.78 is 32.7. The molecular weight excluding hydrogens is 212 g/mol. The molecule has 1 saturated heterocycles. The Morgan fingerprint density at radius 3 is 2.88 bits per heavy atom. The molecule has 1 N–H and O–H groups in total. The summed E-state index contributed by atoms with van der Waals surface area (Å²) in [5.74, 6) is -0.275. The van der Waals surface area contributed by atoms with E-state index in [1.807, 2.05) is 0 Å². The van der Waals surface area contributed by atoms with E-state index in [9.17, 15) is 8.78 Å². The normalized spacial score (nSPS) is 27.9. The van der Waals surface area contributed by atoms with Crippen LogP contribution in [-0.2, 0) is 0 Å². The highest BCUT2D eigenvalue weighted by Gasteiger charge is 2.35. The fourth-order valence-corrected chi connectivity index (χ4v) is 2.73. The number of rotatable bonds is 0. The number of fused-ring (bicyclic) bond motifs is 3. The molecule has 1 fully saturated rings. The molecule has 0 radical (unpaired) electrons. The van der Waals surface area contributed by atoms with E-state index in [4.69, 9.17) is 4.74 Å². The molecular formula is C12H13F2NO. The van der Waals surface area contributed by atoms with E-state index >= 15 is 0 Å². The van der Waals surface area contributed by atoms with Crippen LogP contribution < -0.4 is 10.1 Å². The quantitative estimate of drug-likeness (QED) is 0.729. The van der Waals surface area contributed by atoms with Crippen molar-refractivity contribution >= 4 is 0 Å². The van der Waals surface area contributed by atoms with Crippen molar-refractivity contribution in [1.82, 2.24) is 5.32 Å². The van der Waals surface area contributed by atoms with E-state index in [-0.39, 0.29) is 17.5 Å². The number of hydrogen-bond acceptors (Lipinski definition) is 2. The first kappa shape index (κ1) is 10.0. The minimum Gasteiger partial charge on any atom is -0.490 e. The van der Waals surface area contributed by atoms with E-state index in [2.05, 4.69) is 5.32 Å². The van der Waals surface area contributed by atoms with Gasteiger partial charge in [-0.1, -0.05) is 0 Å². The Labute approximate surface area is 92.6 Å². The van der Waals surface area contributed by atoms with Crippen LogP contribution in [0.2, 0.25) is 0 Å². The van der Waals surface area contributed by atoms with Crippen LogP contribution in [0.1, 0.15) is 17.9 Å². The van der Waals surface area contributed by atoms with Gasteiger partial charge < -0.3 is 10.1 Å². The van der Waals surface area contributed by atoms with Crippen LogP contribution in [0.15, 0.2) is 12.1 Å². The third-order valence-corrected chi connectivity index (χ3v) is 3.54. The highest BCUT2D eigenvalue weighted by atomic mass is 19.1. The first-order valence-electron chi connectivity index (χ1n) is 5.59. The topological polar surface area (TPSA) is 21.3 Å². The van der Waals surface area contributed by atoms with Gasteiger partial charge in [-0.3, -0.25) is 0 Å². The minimum atomic E-state index is -0.455. The van der Waals surface area contributed by atoms with Gasteiger partial charge in [-0.2, -0.15) is 0 Å². The second-order valence-corrected chi connectivity index (χ2v) is 4.43. The Hall–Kier alpha value is -1.16. The second kappa shape index (κ2) is 3.70. The minimum absolute atomic E-state index is 0.0493. The van der Waals surface area contributed by atoms with Crippen LogP contribution in [0.25, 0.3) is 0 Å². The van der Waals surface area contributed by atoms with Crippen molar-refractivity contribution in [1.29, 1.82) is 0 Å². The summed E-state index contributed by atoms with van der Waals surface area (Å²) in [6.07, 6.45) is 0.852. The number of hydrogen-bond donors (Lipinski definition) is 1. The van der Waals surface area contributed by atoms with E-state index in [0.717, 1.165) is 19.0 Å². The zero-order chi connectivity index (χ0) is 11.1. The van der Waals surface area contributed by atoms with Gasteiger partial charge in [0.15, 0.2) is 11.6 Å². The molecule has 2 heterocycles. The lowest BCUT2D eigenvalue weighted by Crippen LogP contribution is -2.11. The van der Waals surface area contributed by atoms with Crippen LogP contribution in [-0.4, -0.2) is 19.7 Å². The average Bonchev–Trinajstić information content (AvgIpc) is 2.64. The zero-order valence-corrected chi connectivity index (χ0v) is 8.80. The third kappa shape index (κ3) is 1.40. The molecule has 2 aliphatic heterocycles. The molecule has 0 saturated carbocycles. The molecule has 0 aliphatic carbocycles. The van der Waals surface area contributed by atoms with Crippen molar-refractivity contribution in [2.75, 3.05) is 19.7 Å². The van der Waals surface area contributed by atoms with E-state index in [0.29, 0.717) is 24.6 Å². The summed E-state index contributed by atoms with van der Waals surface area (Å²) in [6.45, 7) is 2.04. The predicted octanol–water partition coefficient (Wildman–Crippen LogP) is 2.05. The highest BCUT2D eigenvalue weighted by Crippen LogP contribution is 2.41. The van der Waals surface area contributed by atoms with Crippen molar-refractivity contribution in [3.8, 4) is 5.75 Å². The monoisotopic (exact) mass is 225 g/mol. The molecule has 3 rings (SSSR count). The number of ether oxygens (including phenoxy) is 1. The molecule has 0 bridgehead atoms. The number of nitrogens with one attached hydrogen (secondary N) is 1. The Morgan fingerprint density at radius 1 is 1.19 bits per heavy atom. The van der Waals surface area contributed by atoms with Crippen molar-refractivity contribution in [2.24, 2.45) is 5.92 Å². The Kier molecular flexibility index (Phi) is 2.32. The van der Waals surface area contributed by atoms with Crippen LogP contribution in [0.3, 0.4) is 0 Å². The maximum atomic E-state index is 13.8. The van der Waals surface area contributed by atoms with Gasteiger partial charge >= 0.3 is 0 Å². The molecule has 0 spiro atoms. The van der Waals surface area contributed by atoms with Crippen LogP contribution in [0, 0.1) is 17.6 Å². The van der Waals surface area contributed by atoms with Gasteiger partial charge in [-0.05, 0) is 31.0 Å². The lowest BCUT2D eigenvalue weighted by molar-refractivity contribution is 0.284. The van der Waals surface area contributed by atoms with Crippen LogP contribution >= 0.6 is 0 Å². The predicted molar refractivity (Wildman–Crippen MR) is 55.6 cm³/mol. The molecule has 1 aromatic rings. The largest absolute Gasteiger partial charge is 0.490 e. The second-order valence-electron chi connectivity index (χ2n) is 4.43. The molecule has 4 heteroatoms. The van der Waals surface area contributed by atoms with Gasteiger partial charge in [0.2, 0.25) is 0 Å². The summed E-state index contributed by atoms with van der Waals surface area (Å²) in [7, 11) is 0. The van der Waals surface area contributed by atoms with Gasteiger partial charge in [-0.25, -0.2) is 8.78 Å². The first-order valence-corrected chi connectivity index (χ1v) is 5.59. The fourth-order valence-electron chi connectivity index (χ4n) is 2.73. The lowest BCUT2D eigenvalue weighted by atomic mass is 9.87. The molecule has 86 valence electrons. The van der Waals surface area contributed by atoms with Gasteiger partial charge in [0.25, 0.3) is 0 Å². The molecule has 2 nitrogen and oxygen atoms in total. The number of halogens is 2. The van der Waals surface area contributed by atoms with Crippen molar-refractivity contribution in [3.05, 3.63) is 29.3 Å². The van der Waals surface area contributed by atoms with Crippen LogP contribution in [0.4, 0.5) is 8.78 Å². The molecule has 0 aromatic heterocycles. The third-order valence-electron chi connectivity index (χ3n) is 3.54. The summed E-state index contributed by atoms with van der Waals surface area (Å²) in [6, 6.07) is 2.33. The Morgan fingerprint density at radius 2 is 2.00 bits per heavy atom. The fraction of sp³-hybridized carbons (Fsp3) is 0.500. The smallest absolute Gasteiger partial charge is 0.165 e. The van der Waals surface area contributed by atoms with Crippen LogP contribution in [0.5, 0.6) is 5.75 Å². The van der Waals surface area contributed by atoms with Gasteiger partial charge in [-0.15, -0.1) is 0 Å². The standard InChI is InChI=1S/C12H13F2NO/c13-9-1-2-10(14)12-11(9)8-6-15-5-7(8)3-4-16-12/h1-2,7-8,15H,3-6H2/t7?,8-/m0/s1. The maximum absolute atomic E-state index is 13.8. The lowest BCUT2D eigenvalue weighted by Gasteiger charge is -2.16. The van der Waals surface area contributed by atoms with E-state index in [1.54, 1.807) is 0 Å². The van der Waals surface area contributed by atoms with Crippen molar-refractivity contribution in [3.63, 3.8) is 0 Å². The molecule has 2 atom stereocenters. The van der Waals surface area contributed by atoms with Crippen molar-refractivity contribution in [2.45, 2.75) is 12.3 Å². The van der Waals surface area contributed by atoms with Gasteiger partial charge in [0, 0.05) is 18.0 Å². The maximum Gasteiger partial charge on any atom is 0.165 e. The summed E-state index contributed by atoms with van der Waals surface area (Å²) in [5, 5.41) is 3.23. The Balaban J connectivity index is 2.15. The Bertz CT molecular complexity index is 422. The summed E-state index contributed by atoms with van der Waals surface area (Å²) in [4.78, 5) is 0. The SMILES string of the molecule is Fc1ccc(F)c2c1OCCC1CNC[C@H]21. The van der Waals surface area contributed by atoms with Crippen molar-refractivity contribution < 1.29 is 13.5 Å². The van der Waals surface area contributed by atoms with Gasteiger partial charge in [0.1, 0.15) is 5.82 Å². The molecule has 16 heavy (non-hydrogen) atoms. The highest BCUT2D eigenvalue weighted by molar-refractivity contribution is 5.41. The van der Waals surface area contributed by atoms with Gasteiger partial charge in [0.05, 0.1) is 6.61 Å². The summed E-state index contributed by atoms with van der Waals surface area (Å²) in [5.41, 5.74) is 0.424. The van der Waals surface area contributed by atoms with E-state index in [1.165, 1.54) is 6.07 Å². The molecule has 2 aliphatic rings. The average molecular weight is 225 g/mol. The number of benzene rings is 1. The first-order chi connectivity index (χ1) is 7.77. The van der Waals surface area contributed by atoms with E-state index < -0.39 is 5.82 Å².